The van der Waals surface area contributed by atoms with Gasteiger partial charge >= 0.3 is 0 Å². The Kier molecular flexibility index (Phi) is 6.32. The maximum atomic E-state index is 12.1. The minimum atomic E-state index is -0.499. The SMILES string of the molecule is COc1cc(C=NNC(=O)c2ccccc2O)ccc1OCc1cccc2ccccc12. The predicted octanol–water partition coefficient (Wildman–Crippen LogP) is 4.90. The van der Waals surface area contributed by atoms with Gasteiger partial charge in [0.1, 0.15) is 12.4 Å². The second-order valence-corrected chi connectivity index (χ2v) is 7.05. The summed E-state index contributed by atoms with van der Waals surface area (Å²) in [5.41, 5.74) is 4.36. The van der Waals surface area contributed by atoms with Crippen molar-refractivity contribution in [1.29, 1.82) is 0 Å². The lowest BCUT2D eigenvalue weighted by Gasteiger charge is -2.12. The Morgan fingerprint density at radius 2 is 1.75 bits per heavy atom. The van der Waals surface area contributed by atoms with Crippen molar-refractivity contribution in [3.63, 3.8) is 0 Å². The van der Waals surface area contributed by atoms with E-state index in [1.807, 2.05) is 30.3 Å². The van der Waals surface area contributed by atoms with Gasteiger partial charge in [-0.05, 0) is 52.2 Å². The number of carbonyl (C=O) groups excluding carboxylic acids is 1. The van der Waals surface area contributed by atoms with Gasteiger partial charge in [0.05, 0.1) is 18.9 Å². The van der Waals surface area contributed by atoms with Gasteiger partial charge in [0.2, 0.25) is 0 Å². The van der Waals surface area contributed by atoms with Gasteiger partial charge in [-0.25, -0.2) is 5.43 Å². The highest BCUT2D eigenvalue weighted by molar-refractivity contribution is 5.97. The average molecular weight is 426 g/mol. The van der Waals surface area contributed by atoms with Crippen molar-refractivity contribution >= 4 is 22.9 Å². The van der Waals surface area contributed by atoms with Crippen LogP contribution in [0.2, 0.25) is 0 Å². The Morgan fingerprint density at radius 3 is 2.59 bits per heavy atom. The van der Waals surface area contributed by atoms with Gasteiger partial charge < -0.3 is 14.6 Å². The number of aromatic hydroxyl groups is 1. The number of hydrogen-bond donors (Lipinski definition) is 2. The number of nitrogens with one attached hydrogen (secondary N) is 1. The lowest BCUT2D eigenvalue weighted by Crippen LogP contribution is -2.17. The fraction of sp³-hybridized carbons (Fsp3) is 0.0769. The molecule has 32 heavy (non-hydrogen) atoms. The monoisotopic (exact) mass is 426 g/mol. The molecular weight excluding hydrogens is 404 g/mol. The minimum absolute atomic E-state index is 0.102. The molecule has 0 atom stereocenters. The van der Waals surface area contributed by atoms with Crippen LogP contribution in [0, 0.1) is 0 Å². The number of benzene rings is 4. The molecule has 6 heteroatoms. The molecule has 0 bridgehead atoms. The maximum absolute atomic E-state index is 12.1. The van der Waals surface area contributed by atoms with Gasteiger partial charge in [-0.3, -0.25) is 4.79 Å². The third kappa shape index (κ3) is 4.70. The summed E-state index contributed by atoms with van der Waals surface area (Å²) in [5.74, 6) is 0.563. The molecule has 0 spiro atoms. The molecule has 0 aliphatic carbocycles. The molecule has 0 aliphatic rings. The number of rotatable bonds is 7. The first-order chi connectivity index (χ1) is 15.7. The van der Waals surface area contributed by atoms with Crippen LogP contribution in [0.5, 0.6) is 17.2 Å². The third-order valence-corrected chi connectivity index (χ3v) is 4.98. The van der Waals surface area contributed by atoms with Crippen molar-refractivity contribution in [3.05, 3.63) is 102 Å². The Labute approximate surface area is 185 Å². The van der Waals surface area contributed by atoms with Crippen LogP contribution in [0.25, 0.3) is 10.8 Å². The normalized spacial score (nSPS) is 10.9. The van der Waals surface area contributed by atoms with E-state index < -0.39 is 5.91 Å². The van der Waals surface area contributed by atoms with E-state index in [2.05, 4.69) is 28.7 Å². The largest absolute Gasteiger partial charge is 0.507 e. The number of fused-ring (bicyclic) bond motifs is 1. The minimum Gasteiger partial charge on any atom is -0.507 e. The van der Waals surface area contributed by atoms with Crippen LogP contribution >= 0.6 is 0 Å². The molecule has 0 heterocycles. The molecule has 4 aromatic rings. The summed E-state index contributed by atoms with van der Waals surface area (Å²) < 4.78 is 11.5. The van der Waals surface area contributed by atoms with Crippen molar-refractivity contribution in [3.8, 4) is 17.2 Å². The topological polar surface area (TPSA) is 80.2 Å². The number of hydrogen-bond acceptors (Lipinski definition) is 5. The number of para-hydroxylation sites is 1. The molecule has 0 saturated heterocycles. The molecule has 4 aromatic carbocycles. The average Bonchev–Trinajstić information content (AvgIpc) is 2.83. The summed E-state index contributed by atoms with van der Waals surface area (Å²) in [5, 5.41) is 16.0. The number of ether oxygens (including phenoxy) is 2. The molecule has 1 amide bonds. The number of phenols is 1. The summed E-state index contributed by atoms with van der Waals surface area (Å²) in [4.78, 5) is 12.1. The van der Waals surface area contributed by atoms with Crippen molar-refractivity contribution in [1.82, 2.24) is 5.43 Å². The number of hydrazone groups is 1. The fourth-order valence-electron chi connectivity index (χ4n) is 3.35. The molecule has 0 aromatic heterocycles. The highest BCUT2D eigenvalue weighted by Crippen LogP contribution is 2.29. The Morgan fingerprint density at radius 1 is 0.969 bits per heavy atom. The lowest BCUT2D eigenvalue weighted by atomic mass is 10.1. The molecule has 160 valence electrons. The van der Waals surface area contributed by atoms with Gasteiger partial charge in [0.25, 0.3) is 5.91 Å². The lowest BCUT2D eigenvalue weighted by molar-refractivity contribution is 0.0952. The van der Waals surface area contributed by atoms with Crippen LogP contribution in [-0.4, -0.2) is 24.3 Å². The van der Waals surface area contributed by atoms with E-state index in [1.54, 1.807) is 31.4 Å². The standard InChI is InChI=1S/C26H22N2O4/c1-31-25-15-18(16-27-28-26(30)22-11-4-5-12-23(22)29)13-14-24(25)32-17-20-9-6-8-19-7-2-3-10-21(19)20/h2-16,29H,17H2,1H3,(H,28,30). The quantitative estimate of drug-likeness (QED) is 0.325. The smallest absolute Gasteiger partial charge is 0.275 e. The number of amides is 1. The second kappa shape index (κ2) is 9.66. The summed E-state index contributed by atoms with van der Waals surface area (Å²) in [7, 11) is 1.57. The maximum Gasteiger partial charge on any atom is 0.275 e. The van der Waals surface area contributed by atoms with E-state index in [-0.39, 0.29) is 11.3 Å². The van der Waals surface area contributed by atoms with E-state index >= 15 is 0 Å². The molecule has 4 rings (SSSR count). The zero-order chi connectivity index (χ0) is 22.3. The molecule has 0 unspecified atom stereocenters. The summed E-state index contributed by atoms with van der Waals surface area (Å²) >= 11 is 0. The highest BCUT2D eigenvalue weighted by Gasteiger charge is 2.10. The first-order valence-electron chi connectivity index (χ1n) is 10.0. The van der Waals surface area contributed by atoms with Gasteiger partial charge in [0.15, 0.2) is 11.5 Å². The molecule has 0 radical (unpaired) electrons. The third-order valence-electron chi connectivity index (χ3n) is 4.98. The van der Waals surface area contributed by atoms with Gasteiger partial charge in [-0.1, -0.05) is 54.6 Å². The van der Waals surface area contributed by atoms with E-state index in [1.165, 1.54) is 18.3 Å². The van der Waals surface area contributed by atoms with Gasteiger partial charge in [-0.2, -0.15) is 5.10 Å². The number of phenolic OH excluding ortho intramolecular Hbond substituents is 1. The molecule has 0 fully saturated rings. The molecule has 0 saturated carbocycles. The summed E-state index contributed by atoms with van der Waals surface area (Å²) in [6.45, 7) is 0.405. The first kappa shape index (κ1) is 20.9. The molecule has 6 nitrogen and oxygen atoms in total. The van der Waals surface area contributed by atoms with E-state index in [0.29, 0.717) is 18.1 Å². The predicted molar refractivity (Wildman–Crippen MR) is 124 cm³/mol. The fourth-order valence-corrected chi connectivity index (χ4v) is 3.35. The van der Waals surface area contributed by atoms with Crippen LogP contribution in [0.1, 0.15) is 21.5 Å². The summed E-state index contributed by atoms with van der Waals surface area (Å²) in [6, 6.07) is 26.0. The van der Waals surface area contributed by atoms with Crippen molar-refractivity contribution in [2.24, 2.45) is 5.10 Å². The van der Waals surface area contributed by atoms with Gasteiger partial charge in [0, 0.05) is 0 Å². The number of carbonyl (C=O) groups is 1. The molecular formula is C26H22N2O4. The zero-order valence-electron chi connectivity index (χ0n) is 17.5. The van der Waals surface area contributed by atoms with Crippen LogP contribution in [0.4, 0.5) is 0 Å². The number of nitrogens with zero attached hydrogens (tertiary/aromatic N) is 1. The van der Waals surface area contributed by atoms with E-state index in [4.69, 9.17) is 9.47 Å². The molecule has 0 aliphatic heterocycles. The van der Waals surface area contributed by atoms with Crippen LogP contribution in [-0.2, 0) is 6.61 Å². The van der Waals surface area contributed by atoms with Gasteiger partial charge in [-0.15, -0.1) is 0 Å². The van der Waals surface area contributed by atoms with Crippen LogP contribution in [0.3, 0.4) is 0 Å². The first-order valence-corrected chi connectivity index (χ1v) is 10.0. The Bertz CT molecular complexity index is 1280. The number of methoxy groups -OCH3 is 1. The van der Waals surface area contributed by atoms with Crippen molar-refractivity contribution < 1.29 is 19.4 Å². The molecule has 2 N–H and O–H groups in total. The summed E-state index contributed by atoms with van der Waals surface area (Å²) in [6.07, 6.45) is 1.49. The Hall–Kier alpha value is -4.32. The highest BCUT2D eigenvalue weighted by atomic mass is 16.5. The van der Waals surface area contributed by atoms with Crippen molar-refractivity contribution in [2.75, 3.05) is 7.11 Å². The second-order valence-electron chi connectivity index (χ2n) is 7.05. The Balaban J connectivity index is 1.44. The zero-order valence-corrected chi connectivity index (χ0v) is 17.5. The van der Waals surface area contributed by atoms with Crippen molar-refractivity contribution in [2.45, 2.75) is 6.61 Å². The van der Waals surface area contributed by atoms with Crippen LogP contribution in [0.15, 0.2) is 90.0 Å². The van der Waals surface area contributed by atoms with Crippen LogP contribution < -0.4 is 14.9 Å². The van der Waals surface area contributed by atoms with E-state index in [0.717, 1.165) is 21.9 Å². The van der Waals surface area contributed by atoms with E-state index in [9.17, 15) is 9.90 Å².